The van der Waals surface area contributed by atoms with E-state index in [-0.39, 0.29) is 0 Å². The Morgan fingerprint density at radius 3 is 2.67 bits per heavy atom. The molecule has 7 nitrogen and oxygen atoms in total. The monoisotopic (exact) mass is 495 g/mol. The average molecular weight is 496 g/mol. The van der Waals surface area contributed by atoms with Gasteiger partial charge in [0.2, 0.25) is 0 Å². The van der Waals surface area contributed by atoms with Gasteiger partial charge in [-0.25, -0.2) is 14.4 Å². The molecule has 1 unspecified atom stereocenters. The summed E-state index contributed by atoms with van der Waals surface area (Å²) >= 11 is 0. The first-order chi connectivity index (χ1) is 17.2. The second-order valence-electron chi connectivity index (χ2n) is 11.1. The summed E-state index contributed by atoms with van der Waals surface area (Å²) < 4.78 is 13.8. The average Bonchev–Trinajstić information content (AvgIpc) is 3.23. The number of likely N-dealkylation sites (N-methyl/N-ethyl adjacent to an activating group) is 1. The summed E-state index contributed by atoms with van der Waals surface area (Å²) in [4.78, 5) is 14.0. The van der Waals surface area contributed by atoms with Crippen LogP contribution in [0.4, 0.5) is 10.2 Å². The van der Waals surface area contributed by atoms with E-state index in [1.54, 1.807) is 13.1 Å². The third-order valence-corrected chi connectivity index (χ3v) is 7.94. The van der Waals surface area contributed by atoms with Gasteiger partial charge in [-0.2, -0.15) is 0 Å². The number of halogens is 1. The van der Waals surface area contributed by atoms with Crippen molar-refractivity contribution in [3.63, 3.8) is 0 Å². The van der Waals surface area contributed by atoms with Crippen LogP contribution >= 0.6 is 0 Å². The number of hydrogen-bond donors (Lipinski definition) is 3. The number of alkyl halides is 1. The predicted octanol–water partition coefficient (Wildman–Crippen LogP) is 5.35. The summed E-state index contributed by atoms with van der Waals surface area (Å²) in [6.45, 7) is 8.20. The molecule has 1 aliphatic heterocycles. The molecule has 196 valence electrons. The minimum atomic E-state index is -0.874. The van der Waals surface area contributed by atoms with E-state index in [0.29, 0.717) is 19.4 Å². The maximum absolute atomic E-state index is 13.8. The van der Waals surface area contributed by atoms with Crippen LogP contribution < -0.4 is 16.3 Å². The van der Waals surface area contributed by atoms with Crippen LogP contribution in [0.25, 0.3) is 5.70 Å². The molecule has 0 amide bonds. The van der Waals surface area contributed by atoms with E-state index in [1.807, 2.05) is 32.0 Å². The number of aromatic nitrogens is 3. The number of nitrogens with zero attached hydrogens (tertiary/aromatic N) is 4. The quantitative estimate of drug-likeness (QED) is 0.410. The van der Waals surface area contributed by atoms with Crippen LogP contribution in [-0.4, -0.2) is 39.7 Å². The maximum Gasteiger partial charge on any atom is 0.130 e. The van der Waals surface area contributed by atoms with Crippen molar-refractivity contribution in [2.45, 2.75) is 85.2 Å². The van der Waals surface area contributed by atoms with Crippen molar-refractivity contribution in [2.24, 2.45) is 11.3 Å². The Morgan fingerprint density at radius 1 is 1.17 bits per heavy atom. The lowest BCUT2D eigenvalue weighted by Crippen LogP contribution is -2.35. The molecule has 3 heterocycles. The zero-order valence-corrected chi connectivity index (χ0v) is 22.5. The predicted molar refractivity (Wildman–Crippen MR) is 143 cm³/mol. The number of hydrogen-bond acceptors (Lipinski definition) is 7. The molecule has 8 heteroatoms. The number of anilines is 1. The van der Waals surface area contributed by atoms with Crippen molar-refractivity contribution in [3.8, 4) is 0 Å². The number of hydrazine groups is 2. The van der Waals surface area contributed by atoms with Crippen LogP contribution in [0.3, 0.4) is 0 Å². The zero-order chi connectivity index (χ0) is 25.7. The Morgan fingerprint density at radius 2 is 1.94 bits per heavy atom. The largest absolute Gasteiger partial charge is 0.364 e. The summed E-state index contributed by atoms with van der Waals surface area (Å²) in [5, 5.41) is 5.39. The molecule has 36 heavy (non-hydrogen) atoms. The molecule has 2 aliphatic rings. The fourth-order valence-corrected chi connectivity index (χ4v) is 4.94. The standard InChI is InChI=1S/C28H42FN7/c1-19-22(17-21-9-7-6-8-10-21)11-12-23(32-19)27-24(36(5)35-34-27)18-31-26-14-16-30-25(33-26)13-15-28(3,4)20(2)29/h11-12,14,16,20-21,34-35H,6-10,13,15,17-18H2,1-5H3,(H,30,31,33). The molecular weight excluding hydrogens is 453 g/mol. The van der Waals surface area contributed by atoms with Gasteiger partial charge in [0.15, 0.2) is 0 Å². The Kier molecular flexibility index (Phi) is 8.44. The number of rotatable bonds is 10. The molecule has 0 radical (unpaired) electrons. The Bertz CT molecular complexity index is 1060. The molecule has 2 aromatic rings. The topological polar surface area (TPSA) is 78.0 Å². The molecule has 1 fully saturated rings. The first-order valence-corrected chi connectivity index (χ1v) is 13.4. The summed E-state index contributed by atoms with van der Waals surface area (Å²) in [5.74, 6) is 2.28. The van der Waals surface area contributed by atoms with Gasteiger partial charge >= 0.3 is 0 Å². The van der Waals surface area contributed by atoms with Gasteiger partial charge in [0, 0.05) is 25.4 Å². The van der Waals surface area contributed by atoms with Gasteiger partial charge in [0.05, 0.1) is 23.6 Å². The molecular formula is C28H42FN7. The van der Waals surface area contributed by atoms with E-state index in [4.69, 9.17) is 4.98 Å². The van der Waals surface area contributed by atoms with Crippen molar-refractivity contribution in [1.82, 2.24) is 30.9 Å². The third-order valence-electron chi connectivity index (χ3n) is 7.94. The fourth-order valence-electron chi connectivity index (χ4n) is 4.94. The van der Waals surface area contributed by atoms with Gasteiger partial charge in [-0.05, 0) is 55.7 Å². The number of pyridine rings is 1. The van der Waals surface area contributed by atoms with Crippen molar-refractivity contribution >= 4 is 11.5 Å². The van der Waals surface area contributed by atoms with Crippen molar-refractivity contribution in [3.05, 3.63) is 52.9 Å². The van der Waals surface area contributed by atoms with Gasteiger partial charge in [-0.3, -0.25) is 15.4 Å². The highest BCUT2D eigenvalue weighted by Crippen LogP contribution is 2.30. The maximum atomic E-state index is 13.8. The molecule has 0 bridgehead atoms. The van der Waals surface area contributed by atoms with Gasteiger partial charge in [0.25, 0.3) is 0 Å². The minimum absolute atomic E-state index is 0.395. The van der Waals surface area contributed by atoms with Crippen LogP contribution in [0.1, 0.15) is 82.1 Å². The van der Waals surface area contributed by atoms with E-state index >= 15 is 0 Å². The van der Waals surface area contributed by atoms with Crippen LogP contribution in [0.5, 0.6) is 0 Å². The van der Waals surface area contributed by atoms with E-state index in [1.165, 1.54) is 37.7 Å². The first-order valence-electron chi connectivity index (χ1n) is 13.4. The summed E-state index contributed by atoms with van der Waals surface area (Å²) in [7, 11) is 1.98. The van der Waals surface area contributed by atoms with Gasteiger partial charge in [-0.15, -0.1) is 5.53 Å². The van der Waals surface area contributed by atoms with E-state index in [0.717, 1.165) is 46.8 Å². The van der Waals surface area contributed by atoms with Crippen LogP contribution in [0.2, 0.25) is 0 Å². The van der Waals surface area contributed by atoms with E-state index < -0.39 is 11.6 Å². The van der Waals surface area contributed by atoms with Crippen LogP contribution in [0, 0.1) is 18.3 Å². The smallest absolute Gasteiger partial charge is 0.130 e. The molecule has 4 rings (SSSR count). The molecule has 3 N–H and O–H groups in total. The number of nitrogens with one attached hydrogen (secondary N) is 3. The lowest BCUT2D eigenvalue weighted by atomic mass is 9.83. The highest BCUT2D eigenvalue weighted by atomic mass is 19.1. The van der Waals surface area contributed by atoms with Crippen LogP contribution in [0.15, 0.2) is 30.1 Å². The van der Waals surface area contributed by atoms with E-state index in [9.17, 15) is 4.39 Å². The Labute approximate surface area is 215 Å². The zero-order valence-electron chi connectivity index (χ0n) is 22.5. The lowest BCUT2D eigenvalue weighted by molar-refractivity contribution is 0.149. The second kappa shape index (κ2) is 11.5. The highest BCUT2D eigenvalue weighted by Gasteiger charge is 2.26. The normalized spacial score (nSPS) is 17.9. The van der Waals surface area contributed by atoms with Crippen LogP contribution in [-0.2, 0) is 12.8 Å². The van der Waals surface area contributed by atoms with Crippen molar-refractivity contribution < 1.29 is 4.39 Å². The SMILES string of the molecule is Cc1nc(C2=C(CNc3ccnc(CCC(C)(C)C(C)F)n3)N(C)NN2)ccc1CC1CCCCC1. The van der Waals surface area contributed by atoms with Crippen molar-refractivity contribution in [2.75, 3.05) is 18.9 Å². The molecule has 0 saturated heterocycles. The summed E-state index contributed by atoms with van der Waals surface area (Å²) in [6.07, 6.45) is 10.2. The minimum Gasteiger partial charge on any atom is -0.364 e. The fraction of sp³-hybridized carbons (Fsp3) is 0.607. The highest BCUT2D eigenvalue weighted by molar-refractivity contribution is 5.66. The molecule has 1 aliphatic carbocycles. The summed E-state index contributed by atoms with van der Waals surface area (Å²) in [5.41, 5.74) is 11.5. The first kappa shape index (κ1) is 26.3. The third kappa shape index (κ3) is 6.52. The molecule has 0 aromatic carbocycles. The summed E-state index contributed by atoms with van der Waals surface area (Å²) in [6, 6.07) is 6.25. The van der Waals surface area contributed by atoms with Gasteiger partial charge in [0.1, 0.15) is 17.8 Å². The van der Waals surface area contributed by atoms with Gasteiger partial charge < -0.3 is 5.32 Å². The second-order valence-corrected chi connectivity index (χ2v) is 11.1. The lowest BCUT2D eigenvalue weighted by Gasteiger charge is -2.25. The molecule has 0 spiro atoms. The molecule has 1 saturated carbocycles. The van der Waals surface area contributed by atoms with E-state index in [2.05, 4.69) is 45.3 Å². The Balaban J connectivity index is 1.43. The van der Waals surface area contributed by atoms with Gasteiger partial charge in [-0.1, -0.05) is 52.0 Å². The Hall–Kier alpha value is -2.74. The van der Waals surface area contributed by atoms with Crippen molar-refractivity contribution in [1.29, 1.82) is 0 Å². The molecule has 1 atom stereocenters. The molecule has 2 aromatic heterocycles. The number of aryl methyl sites for hydroxylation is 2.